The van der Waals surface area contributed by atoms with Gasteiger partial charge in [0.25, 0.3) is 11.5 Å². The maximum atomic E-state index is 13.9. The van der Waals surface area contributed by atoms with Crippen molar-refractivity contribution in [3.05, 3.63) is 52.9 Å². The van der Waals surface area contributed by atoms with Gasteiger partial charge in [-0.25, -0.2) is 0 Å². The van der Waals surface area contributed by atoms with E-state index in [1.54, 1.807) is 29.7 Å². The Labute approximate surface area is 219 Å². The molecule has 2 aromatic carbocycles. The second-order valence-corrected chi connectivity index (χ2v) is 9.42. The molecule has 5 rings (SSSR count). The molecule has 0 saturated carbocycles. The maximum Gasteiger partial charge on any atom is 0.267 e. The molecule has 0 aliphatic carbocycles. The molecule has 1 amide bonds. The van der Waals surface area contributed by atoms with Gasteiger partial charge in [-0.2, -0.15) is 0 Å². The second kappa shape index (κ2) is 10.3. The molecule has 3 aromatic heterocycles. The Hall–Kier alpha value is -4.11. The molecule has 3 heterocycles. The number of hydrogen-bond donors (Lipinski definition) is 1. The number of hydrogen-bond acceptors (Lipinski definition) is 7. The Kier molecular flexibility index (Phi) is 6.94. The van der Waals surface area contributed by atoms with Gasteiger partial charge >= 0.3 is 0 Å². The van der Waals surface area contributed by atoms with Gasteiger partial charge in [0, 0.05) is 35.5 Å². The van der Waals surface area contributed by atoms with E-state index in [-0.39, 0.29) is 17.6 Å². The highest BCUT2D eigenvalue weighted by Gasteiger charge is 2.23. The summed E-state index contributed by atoms with van der Waals surface area (Å²) >= 11 is 0. The van der Waals surface area contributed by atoms with E-state index in [1.165, 1.54) is 14.2 Å². The van der Waals surface area contributed by atoms with E-state index in [1.807, 2.05) is 38.1 Å². The fraction of sp³-hybridized carbons (Fsp3) is 0.345. The molecule has 0 unspecified atom stereocenters. The molecular formula is C29H31N3O6. The number of benzene rings is 2. The van der Waals surface area contributed by atoms with Gasteiger partial charge in [0.05, 0.1) is 42.3 Å². The second-order valence-electron chi connectivity index (χ2n) is 9.42. The van der Waals surface area contributed by atoms with Gasteiger partial charge in [-0.1, -0.05) is 0 Å². The molecule has 0 aliphatic heterocycles. The van der Waals surface area contributed by atoms with Crippen LogP contribution in [0.4, 0.5) is 0 Å². The van der Waals surface area contributed by atoms with Crippen molar-refractivity contribution in [2.24, 2.45) is 0 Å². The smallest absolute Gasteiger partial charge is 0.267 e. The summed E-state index contributed by atoms with van der Waals surface area (Å²) in [6, 6.07) is 11.0. The summed E-state index contributed by atoms with van der Waals surface area (Å²) in [5, 5.41) is 5.67. The number of nitrogens with zero attached hydrogens (tertiary/aromatic N) is 2. The van der Waals surface area contributed by atoms with Gasteiger partial charge in [0.2, 0.25) is 0 Å². The molecular weight excluding hydrogens is 486 g/mol. The first-order valence-electron chi connectivity index (χ1n) is 12.6. The van der Waals surface area contributed by atoms with Gasteiger partial charge in [-0.3, -0.25) is 19.0 Å². The Bertz CT molecular complexity index is 1690. The van der Waals surface area contributed by atoms with Crippen molar-refractivity contribution in [2.75, 3.05) is 27.4 Å². The van der Waals surface area contributed by atoms with Crippen LogP contribution < -0.4 is 25.1 Å². The number of carbonyl (C=O) groups excluding carboxylic acids is 1. The number of aromatic nitrogens is 2. The van der Waals surface area contributed by atoms with Gasteiger partial charge in [0.15, 0.2) is 17.6 Å². The number of pyridine rings is 2. The highest BCUT2D eigenvalue weighted by Crippen LogP contribution is 2.39. The summed E-state index contributed by atoms with van der Waals surface area (Å²) < 4.78 is 24.2. The normalized spacial score (nSPS) is 12.6. The fourth-order valence-electron chi connectivity index (χ4n) is 4.88. The molecule has 9 nitrogen and oxygen atoms in total. The number of nitrogens with one attached hydrogen (secondary N) is 1. The Morgan fingerprint density at radius 2 is 1.84 bits per heavy atom. The van der Waals surface area contributed by atoms with Crippen molar-refractivity contribution in [2.45, 2.75) is 39.4 Å². The van der Waals surface area contributed by atoms with Crippen molar-refractivity contribution < 1.29 is 23.7 Å². The van der Waals surface area contributed by atoms with Crippen molar-refractivity contribution >= 4 is 44.0 Å². The highest BCUT2D eigenvalue weighted by atomic mass is 16.5. The lowest BCUT2D eigenvalue weighted by Crippen LogP contribution is -2.37. The molecule has 5 aromatic rings. The lowest BCUT2D eigenvalue weighted by Gasteiger charge is -2.15. The lowest BCUT2D eigenvalue weighted by molar-refractivity contribution is -0.127. The average Bonchev–Trinajstić information content (AvgIpc) is 3.25. The van der Waals surface area contributed by atoms with Gasteiger partial charge in [-0.15, -0.1) is 0 Å². The van der Waals surface area contributed by atoms with Gasteiger partial charge in [-0.05, 0) is 63.6 Å². The van der Waals surface area contributed by atoms with Crippen LogP contribution in [0.15, 0.2) is 47.4 Å². The topological polar surface area (TPSA) is 100 Å². The molecule has 38 heavy (non-hydrogen) atoms. The fourth-order valence-corrected chi connectivity index (χ4v) is 4.88. The molecule has 0 bridgehead atoms. The third-order valence-corrected chi connectivity index (χ3v) is 6.62. The largest absolute Gasteiger partial charge is 0.493 e. The van der Waals surface area contributed by atoms with E-state index in [4.69, 9.17) is 18.9 Å². The van der Waals surface area contributed by atoms with E-state index in [2.05, 4.69) is 10.3 Å². The minimum Gasteiger partial charge on any atom is -0.493 e. The zero-order valence-electron chi connectivity index (χ0n) is 22.2. The molecule has 1 atom stereocenters. The standard InChI is InChI=1S/C29H31N3O6/c1-16(2)37-14-6-12-31-28(33)17(3)38-18-7-9-22-21(15-18)19-11-13-30-25-20-8-10-23(35-4)27(36-5)24(20)29(34)32(22)26(19)25/h7-11,13,15-17H,6,12,14H2,1-5H3,(H,31,33)/t17-/m0/s1. The third kappa shape index (κ3) is 4.32. The van der Waals surface area contributed by atoms with E-state index < -0.39 is 6.10 Å². The zero-order valence-corrected chi connectivity index (χ0v) is 22.2. The summed E-state index contributed by atoms with van der Waals surface area (Å²) in [5.41, 5.74) is 1.90. The summed E-state index contributed by atoms with van der Waals surface area (Å²) in [6.45, 7) is 6.77. The molecule has 0 radical (unpaired) electrons. The highest BCUT2D eigenvalue weighted by molar-refractivity contribution is 6.19. The Morgan fingerprint density at radius 3 is 2.58 bits per heavy atom. The molecule has 1 N–H and O–H groups in total. The monoisotopic (exact) mass is 517 g/mol. The minimum absolute atomic E-state index is 0.166. The van der Waals surface area contributed by atoms with Crippen molar-refractivity contribution in [1.29, 1.82) is 0 Å². The molecule has 0 aliphatic rings. The number of carbonyl (C=O) groups is 1. The first kappa shape index (κ1) is 25.5. The van der Waals surface area contributed by atoms with Crippen LogP contribution in [0.5, 0.6) is 17.2 Å². The van der Waals surface area contributed by atoms with Gasteiger partial charge < -0.3 is 24.3 Å². The van der Waals surface area contributed by atoms with Crippen molar-refractivity contribution in [3.8, 4) is 17.2 Å². The third-order valence-electron chi connectivity index (χ3n) is 6.62. The first-order chi connectivity index (χ1) is 18.3. The SMILES string of the molecule is COc1ccc2c(c1OC)c(=O)n1c3ccc(O[C@@H](C)C(=O)NCCCOC(C)C)cc3c3ccnc2c31. The molecule has 0 saturated heterocycles. The van der Waals surface area contributed by atoms with Gasteiger partial charge in [0.1, 0.15) is 5.75 Å². The lowest BCUT2D eigenvalue weighted by atomic mass is 10.1. The predicted octanol–water partition coefficient (Wildman–Crippen LogP) is 4.31. The first-order valence-corrected chi connectivity index (χ1v) is 12.6. The number of fused-ring (bicyclic) bond motifs is 5. The molecule has 0 fully saturated rings. The Morgan fingerprint density at radius 1 is 1.03 bits per heavy atom. The molecule has 9 heteroatoms. The number of rotatable bonds is 10. The van der Waals surface area contributed by atoms with Crippen LogP contribution in [0.25, 0.3) is 38.1 Å². The van der Waals surface area contributed by atoms with Crippen LogP contribution in [0.3, 0.4) is 0 Å². The summed E-state index contributed by atoms with van der Waals surface area (Å²) in [6.07, 6.45) is 1.93. The molecule has 198 valence electrons. The predicted molar refractivity (Wildman–Crippen MR) is 147 cm³/mol. The van der Waals surface area contributed by atoms with Crippen LogP contribution in [0, 0.1) is 0 Å². The quantitative estimate of drug-likeness (QED) is 0.218. The Balaban J connectivity index is 1.52. The van der Waals surface area contributed by atoms with Crippen LogP contribution in [0.1, 0.15) is 27.2 Å². The summed E-state index contributed by atoms with van der Waals surface area (Å²) in [5.74, 6) is 1.18. The van der Waals surface area contributed by atoms with Crippen molar-refractivity contribution in [1.82, 2.24) is 14.7 Å². The van der Waals surface area contributed by atoms with Crippen LogP contribution in [-0.4, -0.2) is 54.9 Å². The van der Waals surface area contributed by atoms with Crippen LogP contribution >= 0.6 is 0 Å². The zero-order chi connectivity index (χ0) is 27.0. The summed E-state index contributed by atoms with van der Waals surface area (Å²) in [4.78, 5) is 31.0. The van der Waals surface area contributed by atoms with Crippen molar-refractivity contribution in [3.63, 3.8) is 0 Å². The van der Waals surface area contributed by atoms with E-state index >= 15 is 0 Å². The van der Waals surface area contributed by atoms with Crippen LogP contribution in [-0.2, 0) is 9.53 Å². The summed E-state index contributed by atoms with van der Waals surface area (Å²) in [7, 11) is 3.06. The van der Waals surface area contributed by atoms with E-state index in [9.17, 15) is 9.59 Å². The maximum absolute atomic E-state index is 13.9. The number of amides is 1. The number of methoxy groups -OCH3 is 2. The van der Waals surface area contributed by atoms with E-state index in [0.29, 0.717) is 52.2 Å². The number of ether oxygens (including phenoxy) is 4. The minimum atomic E-state index is -0.692. The van der Waals surface area contributed by atoms with Crippen LogP contribution in [0.2, 0.25) is 0 Å². The molecule has 0 spiro atoms. The average molecular weight is 518 g/mol. The van der Waals surface area contributed by atoms with E-state index in [0.717, 1.165) is 22.7 Å².